The number of hydrogen-bond acceptors (Lipinski definition) is 2. The van der Waals surface area contributed by atoms with Crippen LogP contribution >= 0.6 is 0 Å². The lowest BCUT2D eigenvalue weighted by atomic mass is 9.86. The van der Waals surface area contributed by atoms with Crippen LogP contribution in [-0.4, -0.2) is 6.29 Å². The van der Waals surface area contributed by atoms with Crippen molar-refractivity contribution in [2.24, 2.45) is 0 Å². The number of furan rings is 1. The molecule has 5 rings (SSSR count). The highest BCUT2D eigenvalue weighted by molar-refractivity contribution is 6.08. The zero-order valence-corrected chi connectivity index (χ0v) is 14.1. The Morgan fingerprint density at radius 1 is 0.760 bits per heavy atom. The minimum atomic E-state index is 0.375. The van der Waals surface area contributed by atoms with Gasteiger partial charge in [0.05, 0.1) is 6.26 Å². The Hall–Kier alpha value is -2.87. The van der Waals surface area contributed by atoms with E-state index in [0.717, 1.165) is 0 Å². The van der Waals surface area contributed by atoms with Gasteiger partial charge >= 0.3 is 0 Å². The molecule has 25 heavy (non-hydrogen) atoms. The summed E-state index contributed by atoms with van der Waals surface area (Å²) in [7, 11) is 0. The SMILES string of the molecule is O=Cc1ccco1.c1ccc2c(c1)ccc1c3c(ccc12)CCCC3. The lowest BCUT2D eigenvalue weighted by Crippen LogP contribution is -2.02. The number of benzene rings is 3. The van der Waals surface area contributed by atoms with E-state index in [2.05, 4.69) is 52.9 Å². The first-order valence-corrected chi connectivity index (χ1v) is 8.78. The summed E-state index contributed by atoms with van der Waals surface area (Å²) in [5.41, 5.74) is 3.17. The van der Waals surface area contributed by atoms with Crippen molar-refractivity contribution < 1.29 is 9.21 Å². The molecule has 2 nitrogen and oxygen atoms in total. The maximum absolute atomic E-state index is 9.77. The summed E-state index contributed by atoms with van der Waals surface area (Å²) >= 11 is 0. The molecule has 0 spiro atoms. The lowest BCUT2D eigenvalue weighted by Gasteiger charge is -2.18. The summed E-state index contributed by atoms with van der Waals surface area (Å²) in [4.78, 5) is 9.77. The smallest absolute Gasteiger partial charge is 0.185 e. The van der Waals surface area contributed by atoms with E-state index in [1.165, 1.54) is 53.5 Å². The molecule has 0 bridgehead atoms. The fraction of sp³-hybridized carbons (Fsp3) is 0.174. The number of fused-ring (bicyclic) bond motifs is 5. The summed E-state index contributed by atoms with van der Waals surface area (Å²) in [6, 6.07) is 21.2. The van der Waals surface area contributed by atoms with E-state index in [1.54, 1.807) is 23.3 Å². The van der Waals surface area contributed by atoms with E-state index in [0.29, 0.717) is 12.0 Å². The molecule has 1 aromatic heterocycles. The summed E-state index contributed by atoms with van der Waals surface area (Å²) < 4.78 is 4.61. The molecule has 4 aromatic rings. The van der Waals surface area contributed by atoms with E-state index >= 15 is 0 Å². The van der Waals surface area contributed by atoms with Gasteiger partial charge in [-0.15, -0.1) is 0 Å². The Bertz CT molecular complexity index is 1010. The number of aryl methyl sites for hydroxylation is 2. The van der Waals surface area contributed by atoms with Gasteiger partial charge in [-0.25, -0.2) is 0 Å². The third-order valence-electron chi connectivity index (χ3n) is 4.92. The van der Waals surface area contributed by atoms with Crippen molar-refractivity contribution in [1.82, 2.24) is 0 Å². The number of hydrogen-bond donors (Lipinski definition) is 0. The zero-order valence-electron chi connectivity index (χ0n) is 14.1. The molecule has 0 radical (unpaired) electrons. The Balaban J connectivity index is 0.000000190. The molecule has 0 saturated heterocycles. The van der Waals surface area contributed by atoms with Gasteiger partial charge in [-0.2, -0.15) is 0 Å². The van der Waals surface area contributed by atoms with Gasteiger partial charge in [0, 0.05) is 0 Å². The van der Waals surface area contributed by atoms with E-state index in [9.17, 15) is 4.79 Å². The first-order valence-electron chi connectivity index (χ1n) is 8.78. The van der Waals surface area contributed by atoms with E-state index in [4.69, 9.17) is 0 Å². The minimum Gasteiger partial charge on any atom is -0.462 e. The first-order chi connectivity index (χ1) is 12.4. The van der Waals surface area contributed by atoms with Crippen molar-refractivity contribution in [2.75, 3.05) is 0 Å². The molecule has 124 valence electrons. The van der Waals surface area contributed by atoms with Gasteiger partial charge < -0.3 is 4.42 Å². The maximum atomic E-state index is 9.77. The second-order valence-electron chi connectivity index (χ2n) is 6.43. The average molecular weight is 328 g/mol. The van der Waals surface area contributed by atoms with E-state index < -0.39 is 0 Å². The van der Waals surface area contributed by atoms with Crippen molar-refractivity contribution in [2.45, 2.75) is 25.7 Å². The maximum Gasteiger partial charge on any atom is 0.185 e. The molecule has 0 N–H and O–H groups in total. The summed E-state index contributed by atoms with van der Waals surface area (Å²) in [5.74, 6) is 0.375. The summed E-state index contributed by atoms with van der Waals surface area (Å²) in [6.45, 7) is 0. The standard InChI is InChI=1S/C18H16.C5H4O2/c1-3-7-15-13(5-1)9-11-18-16-8-4-2-6-14(16)10-12-17(15)18;6-4-5-2-1-3-7-5/h1,3,5,7,9-12H,2,4,6,8H2;1-4H. The highest BCUT2D eigenvalue weighted by atomic mass is 16.3. The van der Waals surface area contributed by atoms with Crippen molar-refractivity contribution >= 4 is 27.8 Å². The number of carbonyl (C=O) groups is 1. The van der Waals surface area contributed by atoms with Crippen molar-refractivity contribution in [3.8, 4) is 0 Å². The molecular weight excluding hydrogens is 308 g/mol. The van der Waals surface area contributed by atoms with Crippen LogP contribution in [0.3, 0.4) is 0 Å². The quantitative estimate of drug-likeness (QED) is 0.318. The van der Waals surface area contributed by atoms with Crippen LogP contribution in [0.5, 0.6) is 0 Å². The van der Waals surface area contributed by atoms with Crippen LogP contribution in [0.2, 0.25) is 0 Å². The van der Waals surface area contributed by atoms with Crippen molar-refractivity contribution in [3.63, 3.8) is 0 Å². The summed E-state index contributed by atoms with van der Waals surface area (Å²) in [6.07, 6.45) is 7.35. The largest absolute Gasteiger partial charge is 0.462 e. The fourth-order valence-corrected chi connectivity index (χ4v) is 3.70. The Labute approximate surface area is 147 Å². The molecule has 3 aromatic carbocycles. The lowest BCUT2D eigenvalue weighted by molar-refractivity contribution is 0.110. The fourth-order valence-electron chi connectivity index (χ4n) is 3.70. The Kier molecular flexibility index (Phi) is 4.34. The van der Waals surface area contributed by atoms with Gasteiger partial charge in [-0.3, -0.25) is 4.79 Å². The zero-order chi connectivity index (χ0) is 17.1. The monoisotopic (exact) mass is 328 g/mol. The van der Waals surface area contributed by atoms with Crippen LogP contribution in [0.15, 0.2) is 71.3 Å². The highest BCUT2D eigenvalue weighted by Crippen LogP contribution is 2.33. The Morgan fingerprint density at radius 2 is 1.60 bits per heavy atom. The molecule has 0 saturated carbocycles. The predicted molar refractivity (Wildman–Crippen MR) is 102 cm³/mol. The van der Waals surface area contributed by atoms with Gasteiger partial charge in [0.15, 0.2) is 12.0 Å². The molecule has 0 atom stereocenters. The average Bonchev–Trinajstić information content (AvgIpc) is 3.22. The molecule has 0 aliphatic heterocycles. The van der Waals surface area contributed by atoms with Gasteiger partial charge in [-0.1, -0.05) is 48.5 Å². The highest BCUT2D eigenvalue weighted by Gasteiger charge is 2.13. The Morgan fingerprint density at radius 3 is 2.40 bits per heavy atom. The number of rotatable bonds is 1. The van der Waals surface area contributed by atoms with Crippen LogP contribution in [-0.2, 0) is 12.8 Å². The van der Waals surface area contributed by atoms with Gasteiger partial charge in [0.2, 0.25) is 0 Å². The number of carbonyl (C=O) groups excluding carboxylic acids is 1. The number of aldehydes is 1. The van der Waals surface area contributed by atoms with Crippen molar-refractivity contribution in [3.05, 3.63) is 83.8 Å². The van der Waals surface area contributed by atoms with Gasteiger partial charge in [0.1, 0.15) is 0 Å². The predicted octanol–water partition coefficient (Wildman–Crippen LogP) is 5.96. The molecule has 0 amide bonds. The van der Waals surface area contributed by atoms with E-state index in [1.807, 2.05) is 0 Å². The minimum absolute atomic E-state index is 0.375. The van der Waals surface area contributed by atoms with E-state index in [-0.39, 0.29) is 0 Å². The van der Waals surface area contributed by atoms with Crippen LogP contribution in [0.1, 0.15) is 34.5 Å². The second-order valence-corrected chi connectivity index (χ2v) is 6.43. The first kappa shape index (κ1) is 15.6. The van der Waals surface area contributed by atoms with Crippen LogP contribution in [0.4, 0.5) is 0 Å². The summed E-state index contributed by atoms with van der Waals surface area (Å²) in [5, 5.41) is 5.64. The third-order valence-corrected chi connectivity index (χ3v) is 4.92. The molecule has 0 fully saturated rings. The topological polar surface area (TPSA) is 30.2 Å². The molecular formula is C23H20O2. The van der Waals surface area contributed by atoms with Crippen molar-refractivity contribution in [1.29, 1.82) is 0 Å². The normalized spacial score (nSPS) is 13.1. The van der Waals surface area contributed by atoms with Gasteiger partial charge in [0.25, 0.3) is 0 Å². The molecule has 1 aliphatic rings. The molecule has 1 heterocycles. The van der Waals surface area contributed by atoms with Crippen LogP contribution in [0, 0.1) is 0 Å². The second kappa shape index (κ2) is 6.94. The van der Waals surface area contributed by atoms with Crippen LogP contribution in [0.25, 0.3) is 21.5 Å². The molecule has 2 heteroatoms. The third kappa shape index (κ3) is 3.08. The van der Waals surface area contributed by atoms with Gasteiger partial charge in [-0.05, 0) is 70.5 Å². The molecule has 0 unspecified atom stereocenters. The molecule has 1 aliphatic carbocycles. The van der Waals surface area contributed by atoms with Crippen LogP contribution < -0.4 is 0 Å².